The number of sulfonamides is 1. The predicted molar refractivity (Wildman–Crippen MR) is 109 cm³/mol. The number of aliphatic hydroxyl groups is 1. The lowest BCUT2D eigenvalue weighted by Crippen LogP contribution is -2.44. The van der Waals surface area contributed by atoms with Gasteiger partial charge in [0.15, 0.2) is 5.84 Å². The Balaban J connectivity index is 2.05. The number of amides is 1. The minimum Gasteiger partial charge on any atom is -0.509 e. The lowest BCUT2D eigenvalue weighted by molar-refractivity contribution is -0.128. The molecule has 152 valence electrons. The topological polar surface area (TPSA) is 99.1 Å². The van der Waals surface area contributed by atoms with Gasteiger partial charge in [-0.05, 0) is 24.0 Å². The summed E-state index contributed by atoms with van der Waals surface area (Å²) < 4.78 is 28.9. The Morgan fingerprint density at radius 1 is 1.21 bits per heavy atom. The number of carbonyl (C=O) groups excluding carboxylic acids is 1. The Bertz CT molecular complexity index is 958. The molecule has 0 radical (unpaired) electrons. The van der Waals surface area contributed by atoms with Crippen molar-refractivity contribution in [2.75, 3.05) is 11.9 Å². The van der Waals surface area contributed by atoms with Gasteiger partial charge in [0.2, 0.25) is 0 Å². The highest BCUT2D eigenvalue weighted by atomic mass is 32.2. The van der Waals surface area contributed by atoms with Gasteiger partial charge in [-0.25, -0.2) is 0 Å². The number of hydrogen-bond acceptors (Lipinski definition) is 5. The molecule has 0 saturated heterocycles. The third-order valence-corrected chi connectivity index (χ3v) is 6.33. The number of fused-ring (bicyclic) bond motifs is 1. The van der Waals surface area contributed by atoms with Crippen LogP contribution in [0.4, 0.5) is 5.69 Å². The number of rotatable bonds is 5. The zero-order chi connectivity index (χ0) is 20.7. The summed E-state index contributed by atoms with van der Waals surface area (Å²) >= 11 is 0. The van der Waals surface area contributed by atoms with Crippen molar-refractivity contribution in [2.45, 2.75) is 57.9 Å². The zero-order valence-electron chi connectivity index (χ0n) is 16.7. The molecule has 8 heteroatoms. The molecule has 2 heterocycles. The van der Waals surface area contributed by atoms with E-state index < -0.39 is 27.4 Å². The summed E-state index contributed by atoms with van der Waals surface area (Å²) in [5, 5.41) is 13.9. The van der Waals surface area contributed by atoms with Crippen LogP contribution in [0.25, 0.3) is 0 Å². The van der Waals surface area contributed by atoms with Crippen LogP contribution in [0.3, 0.4) is 0 Å². The third-order valence-electron chi connectivity index (χ3n) is 4.99. The van der Waals surface area contributed by atoms with Gasteiger partial charge in [0, 0.05) is 6.54 Å². The van der Waals surface area contributed by atoms with Gasteiger partial charge in [0.05, 0.1) is 11.7 Å². The van der Waals surface area contributed by atoms with E-state index in [9.17, 15) is 18.3 Å². The first-order valence-corrected chi connectivity index (χ1v) is 11.0. The fourth-order valence-corrected chi connectivity index (χ4v) is 4.86. The number of aliphatic hydroxyl groups excluding tert-OH is 1. The van der Waals surface area contributed by atoms with E-state index in [2.05, 4.69) is 16.6 Å². The fourth-order valence-electron chi connectivity index (χ4n) is 3.74. The summed E-state index contributed by atoms with van der Waals surface area (Å²) in [5.74, 6) is -0.641. The van der Waals surface area contributed by atoms with Crippen LogP contribution in [0.5, 0.6) is 0 Å². The van der Waals surface area contributed by atoms with E-state index in [1.165, 1.54) is 6.07 Å². The molecular formula is C20H27N3O4S. The Morgan fingerprint density at radius 3 is 2.54 bits per heavy atom. The molecule has 0 saturated carbocycles. The van der Waals surface area contributed by atoms with E-state index in [0.29, 0.717) is 12.2 Å². The lowest BCUT2D eigenvalue weighted by Gasteiger charge is -2.35. The molecule has 0 fully saturated rings. The van der Waals surface area contributed by atoms with Crippen molar-refractivity contribution in [3.8, 4) is 0 Å². The maximum absolute atomic E-state index is 13.2. The van der Waals surface area contributed by atoms with Crippen molar-refractivity contribution in [3.05, 3.63) is 35.6 Å². The van der Waals surface area contributed by atoms with Crippen LogP contribution in [-0.4, -0.2) is 42.8 Å². The average Bonchev–Trinajstić information content (AvgIpc) is 2.85. The van der Waals surface area contributed by atoms with Gasteiger partial charge in [-0.1, -0.05) is 52.7 Å². The van der Waals surface area contributed by atoms with Gasteiger partial charge >= 0.3 is 0 Å². The van der Waals surface area contributed by atoms with Crippen LogP contribution in [0.1, 0.15) is 47.0 Å². The number of nitrogens with zero attached hydrogens (tertiary/aromatic N) is 2. The second-order valence-corrected chi connectivity index (χ2v) is 9.84. The normalized spacial score (nSPS) is 21.4. The van der Waals surface area contributed by atoms with Gasteiger partial charge in [-0.2, -0.15) is 8.42 Å². The molecule has 3 rings (SSSR count). The summed E-state index contributed by atoms with van der Waals surface area (Å²) in [6.45, 7) is 8.41. The summed E-state index contributed by atoms with van der Waals surface area (Å²) in [4.78, 5) is 14.9. The third kappa shape index (κ3) is 3.53. The number of unbranched alkanes of at least 4 members (excludes halogenated alkanes) is 2. The first-order valence-electron chi connectivity index (χ1n) is 9.53. The number of para-hydroxylation sites is 1. The number of hydrogen-bond donors (Lipinski definition) is 2. The van der Waals surface area contributed by atoms with Gasteiger partial charge in [-0.15, -0.1) is 4.40 Å². The molecular weight excluding hydrogens is 378 g/mol. The molecule has 28 heavy (non-hydrogen) atoms. The molecule has 0 spiro atoms. The Hall–Kier alpha value is -2.35. The van der Waals surface area contributed by atoms with Crippen LogP contribution in [0, 0.1) is 5.41 Å². The highest BCUT2D eigenvalue weighted by Crippen LogP contribution is 2.38. The van der Waals surface area contributed by atoms with E-state index >= 15 is 0 Å². The molecule has 0 bridgehead atoms. The van der Waals surface area contributed by atoms with E-state index in [0.717, 1.165) is 19.3 Å². The van der Waals surface area contributed by atoms with Crippen LogP contribution in [0.2, 0.25) is 0 Å². The zero-order valence-corrected chi connectivity index (χ0v) is 17.5. The summed E-state index contributed by atoms with van der Waals surface area (Å²) in [7, 11) is -3.96. The van der Waals surface area contributed by atoms with Gasteiger partial charge in [-0.3, -0.25) is 4.79 Å². The summed E-state index contributed by atoms with van der Waals surface area (Å²) in [6.07, 6.45) is 2.80. The smallest absolute Gasteiger partial charge is 0.286 e. The fraction of sp³-hybridized carbons (Fsp3) is 0.500. The molecule has 1 unspecified atom stereocenters. The minimum absolute atomic E-state index is 0.0523. The predicted octanol–water partition coefficient (Wildman–Crippen LogP) is 3.46. The SMILES string of the molecule is CCCCCN1C(=O)C(C2=NS(=O)(=O)c3ccccc3N2)=C(O)C1C(C)(C)C. The Kier molecular flexibility index (Phi) is 5.27. The lowest BCUT2D eigenvalue weighted by atomic mass is 9.85. The van der Waals surface area contributed by atoms with Crippen molar-refractivity contribution in [1.82, 2.24) is 4.90 Å². The van der Waals surface area contributed by atoms with E-state index in [4.69, 9.17) is 0 Å². The second kappa shape index (κ2) is 7.24. The van der Waals surface area contributed by atoms with Crippen LogP contribution in [-0.2, 0) is 14.8 Å². The highest BCUT2D eigenvalue weighted by Gasteiger charge is 2.47. The first-order chi connectivity index (χ1) is 13.1. The van der Waals surface area contributed by atoms with Crippen molar-refractivity contribution in [1.29, 1.82) is 0 Å². The summed E-state index contributed by atoms with van der Waals surface area (Å²) in [6, 6.07) is 5.85. The second-order valence-electron chi connectivity index (χ2n) is 8.27. The number of nitrogens with one attached hydrogen (secondary N) is 1. The molecule has 1 aromatic carbocycles. The number of benzene rings is 1. The number of amidine groups is 1. The van der Waals surface area contributed by atoms with Crippen LogP contribution < -0.4 is 5.32 Å². The van der Waals surface area contributed by atoms with E-state index in [-0.39, 0.29) is 22.1 Å². The molecule has 2 N–H and O–H groups in total. The summed E-state index contributed by atoms with van der Waals surface area (Å²) in [5.41, 5.74) is -0.133. The molecule has 0 aliphatic carbocycles. The standard InChI is InChI=1S/C20H27N3O4S/c1-5-6-9-12-23-17(20(2,3)4)16(24)15(19(23)25)18-21-13-10-7-8-11-14(13)28(26,27)22-18/h7-8,10-11,17,24H,5-6,9,12H2,1-4H3,(H,21,22). The van der Waals surface area contributed by atoms with Gasteiger partial charge in [0.1, 0.15) is 16.2 Å². The largest absolute Gasteiger partial charge is 0.509 e. The quantitative estimate of drug-likeness (QED) is 0.731. The Morgan fingerprint density at radius 2 is 1.89 bits per heavy atom. The van der Waals surface area contributed by atoms with Crippen molar-refractivity contribution in [3.63, 3.8) is 0 Å². The monoisotopic (exact) mass is 405 g/mol. The minimum atomic E-state index is -3.96. The number of anilines is 1. The molecule has 7 nitrogen and oxygen atoms in total. The maximum atomic E-state index is 13.2. The molecule has 2 aliphatic rings. The first kappa shape index (κ1) is 20.4. The number of carbonyl (C=O) groups is 1. The van der Waals surface area contributed by atoms with Crippen molar-refractivity contribution < 1.29 is 18.3 Å². The maximum Gasteiger partial charge on any atom is 0.286 e. The molecule has 1 atom stereocenters. The average molecular weight is 406 g/mol. The molecule has 1 aromatic rings. The van der Waals surface area contributed by atoms with Crippen LogP contribution >= 0.6 is 0 Å². The molecule has 0 aromatic heterocycles. The van der Waals surface area contributed by atoms with E-state index in [1.54, 1.807) is 23.1 Å². The van der Waals surface area contributed by atoms with Gasteiger partial charge < -0.3 is 15.3 Å². The molecule has 2 aliphatic heterocycles. The van der Waals surface area contributed by atoms with Crippen molar-refractivity contribution >= 4 is 27.5 Å². The highest BCUT2D eigenvalue weighted by molar-refractivity contribution is 7.90. The van der Waals surface area contributed by atoms with Crippen LogP contribution in [0.15, 0.2) is 44.9 Å². The van der Waals surface area contributed by atoms with Gasteiger partial charge in [0.25, 0.3) is 15.9 Å². The van der Waals surface area contributed by atoms with E-state index in [1.807, 2.05) is 20.8 Å². The van der Waals surface area contributed by atoms with Crippen molar-refractivity contribution in [2.24, 2.45) is 9.81 Å². The Labute approximate surface area is 166 Å². The molecule has 1 amide bonds.